The molecule has 2 rings (SSSR count). The molecular formula is C13H21F2NO5. The van der Waals surface area contributed by atoms with Gasteiger partial charge in [-0.25, -0.2) is 8.78 Å². The Morgan fingerprint density at radius 2 is 1.90 bits per heavy atom. The summed E-state index contributed by atoms with van der Waals surface area (Å²) in [6, 6.07) is -0.816. The van der Waals surface area contributed by atoms with Crippen LogP contribution in [0.25, 0.3) is 0 Å². The van der Waals surface area contributed by atoms with Crippen LogP contribution in [-0.4, -0.2) is 60.8 Å². The van der Waals surface area contributed by atoms with Crippen LogP contribution in [-0.2, 0) is 19.0 Å². The lowest BCUT2D eigenvalue weighted by molar-refractivity contribution is -0.241. The molecular weight excluding hydrogens is 288 g/mol. The average Bonchev–Trinajstić information content (AvgIpc) is 2.66. The minimum absolute atomic E-state index is 0.744. The zero-order valence-electron chi connectivity index (χ0n) is 12.4. The molecule has 1 aliphatic heterocycles. The first-order valence-corrected chi connectivity index (χ1v) is 6.83. The standard InChI is InChI=1S/C13H21F2NO5/c1-6(18)19-11-10-9(20-12(2,3)21-10)8(16-4)7(5-17)13(11,14)15/h7-11,16-17H,5H2,1-4H3/t7-,8+,9-,10-,11+/m1/s1. The zero-order chi connectivity index (χ0) is 16.0. The van der Waals surface area contributed by atoms with E-state index in [1.54, 1.807) is 13.8 Å². The quantitative estimate of drug-likeness (QED) is 0.730. The number of nitrogens with one attached hydrogen (secondary N) is 1. The van der Waals surface area contributed by atoms with E-state index in [-0.39, 0.29) is 0 Å². The third kappa shape index (κ3) is 2.77. The second kappa shape index (κ2) is 5.42. The molecule has 0 amide bonds. The number of hydrogen-bond acceptors (Lipinski definition) is 6. The van der Waals surface area contributed by atoms with Crippen LogP contribution in [0.1, 0.15) is 20.8 Å². The van der Waals surface area contributed by atoms with Gasteiger partial charge in [-0.2, -0.15) is 0 Å². The van der Waals surface area contributed by atoms with Crippen LogP contribution in [0, 0.1) is 5.92 Å². The molecule has 8 heteroatoms. The molecule has 0 aromatic carbocycles. The fourth-order valence-corrected chi connectivity index (χ4v) is 3.15. The van der Waals surface area contributed by atoms with Crippen LogP contribution in [0.2, 0.25) is 0 Å². The molecule has 0 radical (unpaired) electrons. The van der Waals surface area contributed by atoms with Crippen molar-refractivity contribution in [2.75, 3.05) is 13.7 Å². The molecule has 5 atom stereocenters. The maximum absolute atomic E-state index is 14.6. The van der Waals surface area contributed by atoms with E-state index in [1.807, 2.05) is 0 Å². The summed E-state index contributed by atoms with van der Waals surface area (Å²) in [6.45, 7) is 3.51. The molecule has 0 aromatic rings. The molecule has 6 nitrogen and oxygen atoms in total. The first-order chi connectivity index (χ1) is 9.64. The summed E-state index contributed by atoms with van der Waals surface area (Å²) in [5.41, 5.74) is 0. The minimum Gasteiger partial charge on any atom is -0.453 e. The molecule has 0 aromatic heterocycles. The van der Waals surface area contributed by atoms with Gasteiger partial charge >= 0.3 is 5.97 Å². The summed E-state index contributed by atoms with van der Waals surface area (Å²) < 4.78 is 45.2. The van der Waals surface area contributed by atoms with Gasteiger partial charge in [-0.1, -0.05) is 0 Å². The van der Waals surface area contributed by atoms with Crippen molar-refractivity contribution < 1.29 is 32.9 Å². The Hall–Kier alpha value is -0.830. The van der Waals surface area contributed by atoms with Gasteiger partial charge in [0.15, 0.2) is 11.9 Å². The lowest BCUT2D eigenvalue weighted by Crippen LogP contribution is -2.68. The largest absolute Gasteiger partial charge is 0.453 e. The number of aliphatic hydroxyl groups is 1. The van der Waals surface area contributed by atoms with E-state index in [9.17, 15) is 18.7 Å². The van der Waals surface area contributed by atoms with Gasteiger partial charge in [0.1, 0.15) is 12.2 Å². The van der Waals surface area contributed by atoms with E-state index in [4.69, 9.17) is 14.2 Å². The fourth-order valence-electron chi connectivity index (χ4n) is 3.15. The molecule has 2 fully saturated rings. The summed E-state index contributed by atoms with van der Waals surface area (Å²) >= 11 is 0. The highest BCUT2D eigenvalue weighted by molar-refractivity contribution is 5.66. The van der Waals surface area contributed by atoms with Gasteiger partial charge in [-0.3, -0.25) is 4.79 Å². The molecule has 1 aliphatic carbocycles. The highest BCUT2D eigenvalue weighted by Gasteiger charge is 2.67. The highest BCUT2D eigenvalue weighted by atomic mass is 19.3. The summed E-state index contributed by atoms with van der Waals surface area (Å²) in [5, 5.41) is 12.1. The molecule has 21 heavy (non-hydrogen) atoms. The van der Waals surface area contributed by atoms with Crippen LogP contribution in [0.4, 0.5) is 8.78 Å². The Morgan fingerprint density at radius 1 is 1.33 bits per heavy atom. The summed E-state index contributed by atoms with van der Waals surface area (Å²) in [6.07, 6.45) is -3.63. The number of rotatable bonds is 3. The van der Waals surface area contributed by atoms with Crippen LogP contribution < -0.4 is 5.32 Å². The van der Waals surface area contributed by atoms with Gasteiger partial charge in [0.2, 0.25) is 0 Å². The molecule has 2 N–H and O–H groups in total. The number of halogens is 2. The van der Waals surface area contributed by atoms with Crippen LogP contribution in [0.15, 0.2) is 0 Å². The lowest BCUT2D eigenvalue weighted by atomic mass is 9.76. The lowest BCUT2D eigenvalue weighted by Gasteiger charge is -2.46. The van der Waals surface area contributed by atoms with Gasteiger partial charge in [0, 0.05) is 13.0 Å². The topological polar surface area (TPSA) is 77.0 Å². The van der Waals surface area contributed by atoms with Crippen LogP contribution >= 0.6 is 0 Å². The SMILES string of the molecule is CN[C@@H]1[C@H]2OC(C)(C)O[C@H]2[C@H](OC(C)=O)C(F)(F)[C@@H]1CO. The van der Waals surface area contributed by atoms with Gasteiger partial charge in [0.05, 0.1) is 12.5 Å². The average molecular weight is 309 g/mol. The number of ether oxygens (including phenoxy) is 3. The molecule has 122 valence electrons. The molecule has 0 unspecified atom stereocenters. The van der Waals surface area contributed by atoms with Crippen LogP contribution in [0.3, 0.4) is 0 Å². The number of likely N-dealkylation sites (N-methyl/N-ethyl adjacent to an activating group) is 1. The molecule has 1 saturated heterocycles. The van der Waals surface area contributed by atoms with Crippen molar-refractivity contribution in [1.29, 1.82) is 0 Å². The number of fused-ring (bicyclic) bond motifs is 1. The monoisotopic (exact) mass is 309 g/mol. The number of aliphatic hydroxyl groups excluding tert-OH is 1. The van der Waals surface area contributed by atoms with Crippen molar-refractivity contribution in [1.82, 2.24) is 5.32 Å². The Balaban J connectivity index is 2.41. The smallest absolute Gasteiger partial charge is 0.303 e. The zero-order valence-corrected chi connectivity index (χ0v) is 12.4. The minimum atomic E-state index is -3.43. The highest BCUT2D eigenvalue weighted by Crippen LogP contribution is 2.47. The number of esters is 1. The third-order valence-corrected chi connectivity index (χ3v) is 3.95. The van der Waals surface area contributed by atoms with E-state index in [0.29, 0.717) is 0 Å². The van der Waals surface area contributed by atoms with Crippen molar-refractivity contribution in [2.24, 2.45) is 5.92 Å². The molecule has 2 aliphatic rings. The van der Waals surface area contributed by atoms with Crippen molar-refractivity contribution in [3.05, 3.63) is 0 Å². The van der Waals surface area contributed by atoms with Crippen LogP contribution in [0.5, 0.6) is 0 Å². The van der Waals surface area contributed by atoms with Crippen molar-refractivity contribution in [3.8, 4) is 0 Å². The Labute approximate surface area is 121 Å². The number of alkyl halides is 2. The Bertz CT molecular complexity index is 417. The second-order valence-corrected chi connectivity index (χ2v) is 5.87. The van der Waals surface area contributed by atoms with E-state index in [2.05, 4.69) is 5.32 Å². The van der Waals surface area contributed by atoms with Crippen molar-refractivity contribution in [2.45, 2.75) is 56.8 Å². The second-order valence-electron chi connectivity index (χ2n) is 5.87. The Kier molecular flexibility index (Phi) is 4.27. The van der Waals surface area contributed by atoms with Gasteiger partial charge in [0.25, 0.3) is 5.92 Å². The van der Waals surface area contributed by atoms with Gasteiger partial charge in [-0.15, -0.1) is 0 Å². The fraction of sp³-hybridized carbons (Fsp3) is 0.923. The predicted octanol–water partition coefficient (Wildman–Crippen LogP) is 0.284. The molecule has 1 saturated carbocycles. The van der Waals surface area contributed by atoms with Crippen molar-refractivity contribution >= 4 is 5.97 Å². The number of hydrogen-bond donors (Lipinski definition) is 2. The first-order valence-electron chi connectivity index (χ1n) is 6.83. The third-order valence-electron chi connectivity index (χ3n) is 3.95. The Morgan fingerprint density at radius 3 is 2.38 bits per heavy atom. The molecule has 1 heterocycles. The number of carbonyl (C=O) groups excluding carboxylic acids is 1. The maximum atomic E-state index is 14.6. The predicted molar refractivity (Wildman–Crippen MR) is 67.7 cm³/mol. The van der Waals surface area contributed by atoms with E-state index in [0.717, 1.165) is 6.92 Å². The van der Waals surface area contributed by atoms with E-state index in [1.165, 1.54) is 7.05 Å². The van der Waals surface area contributed by atoms with E-state index < -0.39 is 54.6 Å². The van der Waals surface area contributed by atoms with E-state index >= 15 is 0 Å². The van der Waals surface area contributed by atoms with Gasteiger partial charge < -0.3 is 24.6 Å². The first kappa shape index (κ1) is 16.5. The molecule has 0 bridgehead atoms. The summed E-state index contributed by atoms with van der Waals surface area (Å²) in [5.74, 6) is -6.76. The normalized spacial score (nSPS) is 40.6. The summed E-state index contributed by atoms with van der Waals surface area (Å²) in [4.78, 5) is 11.2. The van der Waals surface area contributed by atoms with Crippen molar-refractivity contribution in [3.63, 3.8) is 0 Å². The summed E-state index contributed by atoms with van der Waals surface area (Å²) in [7, 11) is 1.52. The maximum Gasteiger partial charge on any atom is 0.303 e. The number of carbonyl (C=O) groups is 1. The molecule has 0 spiro atoms. The van der Waals surface area contributed by atoms with Gasteiger partial charge in [-0.05, 0) is 20.9 Å².